The van der Waals surface area contributed by atoms with Crippen LogP contribution in [0.5, 0.6) is 0 Å². The first-order chi connectivity index (χ1) is 7.59. The Morgan fingerprint density at radius 1 is 1.44 bits per heavy atom. The van der Waals surface area contributed by atoms with Crippen LogP contribution in [0.15, 0.2) is 24.4 Å². The lowest BCUT2D eigenvalue weighted by Gasteiger charge is -2.03. The predicted molar refractivity (Wildman–Crippen MR) is 57.6 cm³/mol. The van der Waals surface area contributed by atoms with Crippen LogP contribution >= 0.6 is 0 Å². The van der Waals surface area contributed by atoms with Crippen molar-refractivity contribution >= 4 is 11.6 Å². The molecule has 5 heteroatoms. The monoisotopic (exact) mass is 219 g/mol. The first-order valence-electron chi connectivity index (χ1n) is 4.69. The molecular formula is C11H10FN3O. The van der Waals surface area contributed by atoms with E-state index in [2.05, 4.69) is 10.2 Å². The molecule has 3 N–H and O–H groups in total. The summed E-state index contributed by atoms with van der Waals surface area (Å²) in [5, 5.41) is 6.12. The molecule has 16 heavy (non-hydrogen) atoms. The maximum Gasteiger partial charge on any atom is 0.198 e. The average molecular weight is 219 g/mol. The fraction of sp³-hybridized carbons (Fsp3) is 0.0909. The van der Waals surface area contributed by atoms with Crippen LogP contribution < -0.4 is 5.73 Å². The van der Waals surface area contributed by atoms with Crippen molar-refractivity contribution in [3.8, 4) is 0 Å². The number of nitrogens with zero attached hydrogens (tertiary/aromatic N) is 1. The second kappa shape index (κ2) is 3.77. The number of nitrogens with one attached hydrogen (secondary N) is 1. The molecule has 0 saturated heterocycles. The van der Waals surface area contributed by atoms with E-state index in [1.54, 1.807) is 13.0 Å². The molecule has 0 saturated carbocycles. The average Bonchev–Trinajstić information content (AvgIpc) is 2.67. The second-order valence-electron chi connectivity index (χ2n) is 3.49. The fourth-order valence-corrected chi connectivity index (χ4v) is 1.46. The number of aromatic nitrogens is 2. The van der Waals surface area contributed by atoms with E-state index < -0.39 is 5.82 Å². The van der Waals surface area contributed by atoms with Crippen molar-refractivity contribution < 1.29 is 9.18 Å². The largest absolute Gasteiger partial charge is 0.383 e. The van der Waals surface area contributed by atoms with E-state index in [9.17, 15) is 9.18 Å². The Morgan fingerprint density at radius 2 is 2.19 bits per heavy atom. The smallest absolute Gasteiger partial charge is 0.198 e. The number of nitrogens with two attached hydrogens (primary N) is 1. The summed E-state index contributed by atoms with van der Waals surface area (Å²) in [7, 11) is 0. The number of carbonyl (C=O) groups excluding carboxylic acids is 1. The molecule has 82 valence electrons. The highest BCUT2D eigenvalue weighted by molar-refractivity contribution is 6.12. The SMILES string of the molecule is Cc1ccc(F)cc1C(=O)c1cn[nH]c1N. The second-order valence-corrected chi connectivity index (χ2v) is 3.49. The molecule has 0 radical (unpaired) electrons. The number of rotatable bonds is 2. The molecule has 1 aromatic carbocycles. The number of benzene rings is 1. The molecule has 2 aromatic rings. The van der Waals surface area contributed by atoms with Gasteiger partial charge in [0.25, 0.3) is 0 Å². The number of H-pyrrole nitrogens is 1. The summed E-state index contributed by atoms with van der Waals surface area (Å²) >= 11 is 0. The van der Waals surface area contributed by atoms with Gasteiger partial charge in [-0.3, -0.25) is 9.89 Å². The quantitative estimate of drug-likeness (QED) is 0.754. The summed E-state index contributed by atoms with van der Waals surface area (Å²) < 4.78 is 13.0. The van der Waals surface area contributed by atoms with Gasteiger partial charge in [-0.05, 0) is 24.6 Å². The first kappa shape index (κ1) is 10.4. The molecule has 0 fully saturated rings. The van der Waals surface area contributed by atoms with Gasteiger partial charge in [-0.2, -0.15) is 5.10 Å². The molecule has 0 spiro atoms. The molecule has 2 rings (SSSR count). The van der Waals surface area contributed by atoms with E-state index in [1.807, 2.05) is 0 Å². The Labute approximate surface area is 91.3 Å². The van der Waals surface area contributed by atoms with E-state index in [4.69, 9.17) is 5.73 Å². The van der Waals surface area contributed by atoms with Crippen LogP contribution in [-0.2, 0) is 0 Å². The predicted octanol–water partition coefficient (Wildman–Crippen LogP) is 1.67. The lowest BCUT2D eigenvalue weighted by molar-refractivity contribution is 0.103. The minimum Gasteiger partial charge on any atom is -0.383 e. The van der Waals surface area contributed by atoms with Crippen molar-refractivity contribution in [2.75, 3.05) is 5.73 Å². The summed E-state index contributed by atoms with van der Waals surface area (Å²) in [6.07, 6.45) is 1.34. The standard InChI is InChI=1S/C11H10FN3O/c1-6-2-3-7(12)4-8(6)10(16)9-5-14-15-11(9)13/h2-5H,1H3,(H3,13,14,15). The highest BCUT2D eigenvalue weighted by Gasteiger charge is 2.16. The van der Waals surface area contributed by atoms with Crippen LogP contribution in [0, 0.1) is 12.7 Å². The number of nitrogen functional groups attached to an aromatic ring is 1. The van der Waals surface area contributed by atoms with Crippen LogP contribution in [0.3, 0.4) is 0 Å². The zero-order valence-corrected chi connectivity index (χ0v) is 8.62. The van der Waals surface area contributed by atoms with Crippen LogP contribution in [0.2, 0.25) is 0 Å². The van der Waals surface area contributed by atoms with Crippen LogP contribution in [0.1, 0.15) is 21.5 Å². The third-order valence-corrected chi connectivity index (χ3v) is 2.36. The van der Waals surface area contributed by atoms with Gasteiger partial charge in [0.2, 0.25) is 0 Å². The zero-order valence-electron chi connectivity index (χ0n) is 8.62. The number of aromatic amines is 1. The van der Waals surface area contributed by atoms with Gasteiger partial charge in [-0.25, -0.2) is 4.39 Å². The van der Waals surface area contributed by atoms with Gasteiger partial charge in [-0.15, -0.1) is 0 Å². The molecule has 0 amide bonds. The Morgan fingerprint density at radius 3 is 2.81 bits per heavy atom. The van der Waals surface area contributed by atoms with Crippen molar-refractivity contribution in [2.24, 2.45) is 0 Å². The highest BCUT2D eigenvalue weighted by atomic mass is 19.1. The van der Waals surface area contributed by atoms with Gasteiger partial charge in [0.05, 0.1) is 11.8 Å². The minimum absolute atomic E-state index is 0.189. The number of hydrogen-bond acceptors (Lipinski definition) is 3. The lowest BCUT2D eigenvalue weighted by Crippen LogP contribution is -2.06. The van der Waals surface area contributed by atoms with Gasteiger partial charge in [0.15, 0.2) is 5.78 Å². The Kier molecular flexibility index (Phi) is 2.44. The topological polar surface area (TPSA) is 71.8 Å². The lowest BCUT2D eigenvalue weighted by atomic mass is 10.0. The van der Waals surface area contributed by atoms with Crippen molar-refractivity contribution in [1.29, 1.82) is 0 Å². The van der Waals surface area contributed by atoms with Crippen LogP contribution in [-0.4, -0.2) is 16.0 Å². The number of aryl methyl sites for hydroxylation is 1. The van der Waals surface area contributed by atoms with Crippen molar-refractivity contribution in [2.45, 2.75) is 6.92 Å². The molecule has 0 aliphatic carbocycles. The van der Waals surface area contributed by atoms with E-state index in [0.29, 0.717) is 11.1 Å². The molecule has 1 aromatic heterocycles. The highest BCUT2D eigenvalue weighted by Crippen LogP contribution is 2.17. The zero-order chi connectivity index (χ0) is 11.7. The van der Waals surface area contributed by atoms with Gasteiger partial charge in [0, 0.05) is 5.56 Å². The van der Waals surface area contributed by atoms with Crippen LogP contribution in [0.25, 0.3) is 0 Å². The normalized spacial score (nSPS) is 10.4. The first-order valence-corrected chi connectivity index (χ1v) is 4.69. The molecule has 0 bridgehead atoms. The summed E-state index contributed by atoms with van der Waals surface area (Å²) in [4.78, 5) is 12.0. The number of ketones is 1. The molecule has 0 unspecified atom stereocenters. The Hall–Kier alpha value is -2.17. The fourth-order valence-electron chi connectivity index (χ4n) is 1.46. The van der Waals surface area contributed by atoms with Crippen molar-refractivity contribution in [3.63, 3.8) is 0 Å². The number of hydrogen-bond donors (Lipinski definition) is 2. The van der Waals surface area contributed by atoms with E-state index in [1.165, 1.54) is 18.3 Å². The number of carbonyl (C=O) groups is 1. The molecule has 1 heterocycles. The molecule has 0 atom stereocenters. The van der Waals surface area contributed by atoms with E-state index >= 15 is 0 Å². The third-order valence-electron chi connectivity index (χ3n) is 2.36. The molecule has 0 aliphatic heterocycles. The number of anilines is 1. The summed E-state index contributed by atoms with van der Waals surface area (Å²) in [5.41, 5.74) is 6.79. The Balaban J connectivity index is 2.49. The minimum atomic E-state index is -0.448. The molecule has 0 aliphatic rings. The summed E-state index contributed by atoms with van der Waals surface area (Å²) in [5.74, 6) is -0.590. The van der Waals surface area contributed by atoms with Crippen molar-refractivity contribution in [1.82, 2.24) is 10.2 Å². The van der Waals surface area contributed by atoms with E-state index in [0.717, 1.165) is 0 Å². The molecular weight excluding hydrogens is 209 g/mol. The van der Waals surface area contributed by atoms with Gasteiger partial charge < -0.3 is 5.73 Å². The maximum absolute atomic E-state index is 13.0. The van der Waals surface area contributed by atoms with Gasteiger partial charge in [-0.1, -0.05) is 6.07 Å². The third kappa shape index (κ3) is 1.67. The molecule has 4 nitrogen and oxygen atoms in total. The number of halogens is 1. The van der Waals surface area contributed by atoms with Gasteiger partial charge in [0.1, 0.15) is 11.6 Å². The van der Waals surface area contributed by atoms with Gasteiger partial charge >= 0.3 is 0 Å². The van der Waals surface area contributed by atoms with Crippen LogP contribution in [0.4, 0.5) is 10.2 Å². The summed E-state index contributed by atoms with van der Waals surface area (Å²) in [6, 6.07) is 4.06. The van der Waals surface area contributed by atoms with Crippen molar-refractivity contribution in [3.05, 3.63) is 46.9 Å². The summed E-state index contributed by atoms with van der Waals surface area (Å²) in [6.45, 7) is 1.74. The Bertz CT molecular complexity index is 548. The van der Waals surface area contributed by atoms with E-state index in [-0.39, 0.29) is 17.2 Å². The maximum atomic E-state index is 13.0.